The van der Waals surface area contributed by atoms with Crippen molar-refractivity contribution in [3.05, 3.63) is 0 Å². The molecular weight excluding hydrogens is 236 g/mol. The molecule has 0 aromatic rings. The van der Waals surface area contributed by atoms with Crippen molar-refractivity contribution in [3.8, 4) is 0 Å². The number of aliphatic hydroxyl groups is 1. The summed E-state index contributed by atoms with van der Waals surface area (Å²) in [5.41, 5.74) is 0. The van der Waals surface area contributed by atoms with Crippen molar-refractivity contribution in [2.24, 2.45) is 0 Å². The van der Waals surface area contributed by atoms with Gasteiger partial charge in [0.15, 0.2) is 0 Å². The van der Waals surface area contributed by atoms with Crippen LogP contribution in [0.25, 0.3) is 0 Å². The van der Waals surface area contributed by atoms with Crippen molar-refractivity contribution in [3.63, 3.8) is 0 Å². The molecule has 0 amide bonds. The van der Waals surface area contributed by atoms with Crippen molar-refractivity contribution in [1.82, 2.24) is 0 Å². The van der Waals surface area contributed by atoms with Crippen molar-refractivity contribution >= 4 is 18.6 Å². The summed E-state index contributed by atoms with van der Waals surface area (Å²) >= 11 is 3.97. The molecule has 0 aromatic heterocycles. The Hall–Kier alpha value is -0.220. The van der Waals surface area contributed by atoms with Gasteiger partial charge in [-0.3, -0.25) is 4.79 Å². The van der Waals surface area contributed by atoms with Crippen LogP contribution in [0.1, 0.15) is 57.8 Å². The fourth-order valence-electron chi connectivity index (χ4n) is 1.62. The second-order valence-electron chi connectivity index (χ2n) is 4.25. The van der Waals surface area contributed by atoms with Crippen molar-refractivity contribution in [2.45, 2.75) is 57.8 Å². The van der Waals surface area contributed by atoms with Gasteiger partial charge in [0.25, 0.3) is 0 Å². The smallest absolute Gasteiger partial charge is 0.306 e. The largest absolute Gasteiger partial charge is 0.466 e. The minimum atomic E-state index is -0.135. The molecule has 17 heavy (non-hydrogen) atoms. The number of hydrogen-bond acceptors (Lipinski definition) is 4. The van der Waals surface area contributed by atoms with Crippen LogP contribution in [0.5, 0.6) is 0 Å². The summed E-state index contributed by atoms with van der Waals surface area (Å²) in [5.74, 6) is 0.427. The Bertz CT molecular complexity index is 174. The topological polar surface area (TPSA) is 46.5 Å². The number of esters is 1. The Morgan fingerprint density at radius 2 is 1.47 bits per heavy atom. The number of thiol groups is 1. The Morgan fingerprint density at radius 1 is 0.941 bits per heavy atom. The van der Waals surface area contributed by atoms with E-state index in [0.717, 1.165) is 25.7 Å². The molecule has 0 atom stereocenters. The standard InChI is InChI=1S/C13H26O3S/c14-10-7-5-3-1-2-4-6-8-11-16-13(15)9-12-17/h14,17H,1-12H2. The molecule has 4 heteroatoms. The molecule has 0 aliphatic carbocycles. The van der Waals surface area contributed by atoms with Gasteiger partial charge in [-0.1, -0.05) is 38.5 Å². The quantitative estimate of drug-likeness (QED) is 0.323. The summed E-state index contributed by atoms with van der Waals surface area (Å²) in [5, 5.41) is 8.60. The third-order valence-electron chi connectivity index (χ3n) is 2.63. The van der Waals surface area contributed by atoms with Gasteiger partial charge in [0, 0.05) is 12.4 Å². The number of unbranched alkanes of at least 4 members (excludes halogenated alkanes) is 7. The normalized spacial score (nSPS) is 10.5. The lowest BCUT2D eigenvalue weighted by atomic mass is 10.1. The second kappa shape index (κ2) is 13.8. The van der Waals surface area contributed by atoms with Gasteiger partial charge in [0.05, 0.1) is 13.0 Å². The van der Waals surface area contributed by atoms with Crippen LogP contribution in [0, 0.1) is 0 Å². The first kappa shape index (κ1) is 16.8. The van der Waals surface area contributed by atoms with Gasteiger partial charge in [-0.15, -0.1) is 0 Å². The summed E-state index contributed by atoms with van der Waals surface area (Å²) < 4.78 is 5.03. The molecule has 0 saturated carbocycles. The first-order valence-electron chi connectivity index (χ1n) is 6.68. The zero-order valence-corrected chi connectivity index (χ0v) is 11.6. The van der Waals surface area contributed by atoms with E-state index < -0.39 is 0 Å². The van der Waals surface area contributed by atoms with Crippen LogP contribution in [0.15, 0.2) is 0 Å². The van der Waals surface area contributed by atoms with E-state index in [9.17, 15) is 4.79 Å². The van der Waals surface area contributed by atoms with Crippen LogP contribution in [-0.2, 0) is 9.53 Å². The summed E-state index contributed by atoms with van der Waals surface area (Å²) in [4.78, 5) is 11.0. The highest BCUT2D eigenvalue weighted by atomic mass is 32.1. The fourth-order valence-corrected chi connectivity index (χ4v) is 1.81. The van der Waals surface area contributed by atoms with Crippen molar-refractivity contribution < 1.29 is 14.6 Å². The maximum absolute atomic E-state index is 11.0. The molecule has 0 aromatic carbocycles. The predicted molar refractivity (Wildman–Crippen MR) is 73.5 cm³/mol. The predicted octanol–water partition coefficient (Wildman–Crippen LogP) is 2.96. The Labute approximate surface area is 110 Å². The number of carbonyl (C=O) groups is 1. The lowest BCUT2D eigenvalue weighted by Crippen LogP contribution is -2.06. The fraction of sp³-hybridized carbons (Fsp3) is 0.923. The SMILES string of the molecule is O=C(CCS)OCCCCCCCCCCO. The van der Waals surface area contributed by atoms with Crippen LogP contribution < -0.4 is 0 Å². The molecule has 3 nitrogen and oxygen atoms in total. The van der Waals surface area contributed by atoms with Gasteiger partial charge in [-0.25, -0.2) is 0 Å². The molecule has 0 unspecified atom stereocenters. The van der Waals surface area contributed by atoms with E-state index in [-0.39, 0.29) is 5.97 Å². The summed E-state index contributed by atoms with van der Waals surface area (Å²) in [6.45, 7) is 0.870. The number of rotatable bonds is 12. The first-order valence-corrected chi connectivity index (χ1v) is 7.32. The molecular formula is C13H26O3S. The van der Waals surface area contributed by atoms with E-state index >= 15 is 0 Å². The van der Waals surface area contributed by atoms with Crippen LogP contribution in [0.2, 0.25) is 0 Å². The molecule has 0 saturated heterocycles. The number of ether oxygens (including phenoxy) is 1. The van der Waals surface area contributed by atoms with E-state index in [1.54, 1.807) is 0 Å². The minimum Gasteiger partial charge on any atom is -0.466 e. The van der Waals surface area contributed by atoms with Crippen LogP contribution in [0.3, 0.4) is 0 Å². The maximum Gasteiger partial charge on any atom is 0.306 e. The Balaban J connectivity index is 3.01. The highest BCUT2D eigenvalue weighted by Gasteiger charge is 1.99. The van der Waals surface area contributed by atoms with E-state index in [1.807, 2.05) is 0 Å². The zero-order valence-electron chi connectivity index (χ0n) is 10.7. The third kappa shape index (κ3) is 13.7. The van der Waals surface area contributed by atoms with Crippen molar-refractivity contribution in [1.29, 1.82) is 0 Å². The average molecular weight is 262 g/mol. The molecule has 0 aliphatic rings. The van der Waals surface area contributed by atoms with Gasteiger partial charge >= 0.3 is 5.97 Å². The zero-order chi connectivity index (χ0) is 12.8. The highest BCUT2D eigenvalue weighted by Crippen LogP contribution is 2.08. The number of aliphatic hydroxyl groups excluding tert-OH is 1. The lowest BCUT2D eigenvalue weighted by molar-refractivity contribution is -0.143. The highest BCUT2D eigenvalue weighted by molar-refractivity contribution is 7.80. The van der Waals surface area contributed by atoms with Gasteiger partial charge in [-0.2, -0.15) is 12.6 Å². The van der Waals surface area contributed by atoms with Crippen LogP contribution >= 0.6 is 12.6 Å². The molecule has 0 heterocycles. The van der Waals surface area contributed by atoms with Gasteiger partial charge in [0.2, 0.25) is 0 Å². The van der Waals surface area contributed by atoms with Gasteiger partial charge in [-0.05, 0) is 12.8 Å². The molecule has 0 spiro atoms. The van der Waals surface area contributed by atoms with Crippen molar-refractivity contribution in [2.75, 3.05) is 19.0 Å². The van der Waals surface area contributed by atoms with E-state index in [0.29, 0.717) is 25.4 Å². The summed E-state index contributed by atoms with van der Waals surface area (Å²) in [6, 6.07) is 0. The minimum absolute atomic E-state index is 0.135. The van der Waals surface area contributed by atoms with Crippen LogP contribution in [-0.4, -0.2) is 30.0 Å². The maximum atomic E-state index is 11.0. The van der Waals surface area contributed by atoms with Crippen LogP contribution in [0.4, 0.5) is 0 Å². The van der Waals surface area contributed by atoms with Gasteiger partial charge < -0.3 is 9.84 Å². The monoisotopic (exact) mass is 262 g/mol. The summed E-state index contributed by atoms with van der Waals surface area (Å²) in [7, 11) is 0. The van der Waals surface area contributed by atoms with E-state index in [2.05, 4.69) is 12.6 Å². The molecule has 0 radical (unpaired) electrons. The lowest BCUT2D eigenvalue weighted by Gasteiger charge is -2.04. The third-order valence-corrected chi connectivity index (χ3v) is 2.86. The average Bonchev–Trinajstić information content (AvgIpc) is 2.32. The second-order valence-corrected chi connectivity index (χ2v) is 4.69. The van der Waals surface area contributed by atoms with E-state index in [1.165, 1.54) is 25.7 Å². The first-order chi connectivity index (χ1) is 8.31. The molecule has 0 bridgehead atoms. The Morgan fingerprint density at radius 3 is 2.00 bits per heavy atom. The number of carbonyl (C=O) groups excluding carboxylic acids is 1. The molecule has 0 fully saturated rings. The number of hydrogen-bond donors (Lipinski definition) is 2. The molecule has 0 rings (SSSR count). The Kier molecular flexibility index (Phi) is 13.7. The summed E-state index contributed by atoms with van der Waals surface area (Å²) in [6.07, 6.45) is 9.51. The molecule has 1 N–H and O–H groups in total. The van der Waals surface area contributed by atoms with Gasteiger partial charge in [0.1, 0.15) is 0 Å². The molecule has 0 aliphatic heterocycles. The van der Waals surface area contributed by atoms with E-state index in [4.69, 9.17) is 9.84 Å². The molecule has 102 valence electrons.